The Hall–Kier alpha value is -1.47. The fraction of sp³-hybridized carbons (Fsp3) is 0.741. The number of benzene rings is 1. The molecule has 0 aliphatic heterocycles. The van der Waals surface area contributed by atoms with Crippen molar-refractivity contribution in [2.24, 2.45) is 0 Å². The van der Waals surface area contributed by atoms with Crippen LogP contribution in [0.3, 0.4) is 0 Å². The number of carbonyl (C=O) groups is 1. The zero-order chi connectivity index (χ0) is 24.8. The van der Waals surface area contributed by atoms with Crippen molar-refractivity contribution in [3.05, 3.63) is 35.9 Å². The van der Waals surface area contributed by atoms with Gasteiger partial charge in [0.05, 0.1) is 38.6 Å². The first-order valence-electron chi connectivity index (χ1n) is 12.8. The maximum absolute atomic E-state index is 11.7. The highest BCUT2D eigenvalue weighted by Crippen LogP contribution is 2.10. The second-order valence-electron chi connectivity index (χ2n) is 7.52. The quantitative estimate of drug-likeness (QED) is 0.208. The molecule has 0 unspecified atom stereocenters. The number of aliphatic hydroxyl groups is 2. The standard InChI is InChI=1S/C19H30O2.C4H10O3.C4H10O/c1-2-3-4-5-6-7-8-9-10-14-17-21-19(20)18-15-12-11-13-16-18;5-1-3-7-4-2-6;1-3-5-4-2/h11-13,15-16H,2-10,14,17H2,1H3;5-6H,1-4H2;3-4H2,1-2H3. The van der Waals surface area contributed by atoms with Crippen LogP contribution in [0.1, 0.15) is 95.3 Å². The van der Waals surface area contributed by atoms with E-state index in [1.165, 1.54) is 51.4 Å². The van der Waals surface area contributed by atoms with E-state index in [0.717, 1.165) is 26.1 Å². The fourth-order valence-corrected chi connectivity index (χ4v) is 2.85. The van der Waals surface area contributed by atoms with Crippen molar-refractivity contribution in [2.45, 2.75) is 85.0 Å². The van der Waals surface area contributed by atoms with E-state index >= 15 is 0 Å². The van der Waals surface area contributed by atoms with Crippen molar-refractivity contribution in [2.75, 3.05) is 46.2 Å². The van der Waals surface area contributed by atoms with Crippen molar-refractivity contribution in [3.63, 3.8) is 0 Å². The monoisotopic (exact) mass is 470 g/mol. The summed E-state index contributed by atoms with van der Waals surface area (Å²) in [4.78, 5) is 11.7. The maximum atomic E-state index is 11.7. The van der Waals surface area contributed by atoms with Gasteiger partial charge in [0.2, 0.25) is 0 Å². The van der Waals surface area contributed by atoms with Gasteiger partial charge in [0, 0.05) is 13.2 Å². The first kappa shape index (κ1) is 33.7. The smallest absolute Gasteiger partial charge is 0.338 e. The van der Waals surface area contributed by atoms with Gasteiger partial charge in [0.1, 0.15) is 0 Å². The number of hydrogen-bond acceptors (Lipinski definition) is 6. The molecule has 1 aromatic rings. The van der Waals surface area contributed by atoms with Gasteiger partial charge >= 0.3 is 5.97 Å². The highest BCUT2D eigenvalue weighted by atomic mass is 16.5. The lowest BCUT2D eigenvalue weighted by Crippen LogP contribution is -2.06. The molecule has 0 heterocycles. The average Bonchev–Trinajstić information content (AvgIpc) is 2.84. The largest absolute Gasteiger partial charge is 0.462 e. The number of rotatable bonds is 18. The van der Waals surface area contributed by atoms with Crippen LogP contribution in [-0.4, -0.2) is 62.4 Å². The predicted molar refractivity (Wildman–Crippen MR) is 136 cm³/mol. The summed E-state index contributed by atoms with van der Waals surface area (Å²) in [6, 6.07) is 9.20. The lowest BCUT2D eigenvalue weighted by Gasteiger charge is -2.05. The molecule has 0 bridgehead atoms. The van der Waals surface area contributed by atoms with Crippen LogP contribution in [0, 0.1) is 0 Å². The van der Waals surface area contributed by atoms with E-state index < -0.39 is 0 Å². The Labute approximate surface area is 202 Å². The molecule has 0 aromatic heterocycles. The Kier molecular flexibility index (Phi) is 31.2. The first-order chi connectivity index (χ1) is 16.2. The molecule has 33 heavy (non-hydrogen) atoms. The van der Waals surface area contributed by atoms with Gasteiger partial charge in [0.15, 0.2) is 0 Å². The van der Waals surface area contributed by atoms with Crippen LogP contribution >= 0.6 is 0 Å². The minimum absolute atomic E-state index is 0.0278. The number of carbonyl (C=O) groups excluding carboxylic acids is 1. The Balaban J connectivity index is 0. The third-order valence-electron chi connectivity index (χ3n) is 4.62. The van der Waals surface area contributed by atoms with Gasteiger partial charge in [-0.1, -0.05) is 82.9 Å². The molecule has 0 saturated heterocycles. The van der Waals surface area contributed by atoms with E-state index in [9.17, 15) is 4.79 Å². The molecule has 0 radical (unpaired) electrons. The summed E-state index contributed by atoms with van der Waals surface area (Å²) < 4.78 is 14.7. The average molecular weight is 471 g/mol. The Morgan fingerprint density at radius 2 is 1.15 bits per heavy atom. The number of esters is 1. The van der Waals surface area contributed by atoms with Crippen molar-refractivity contribution in [3.8, 4) is 0 Å². The minimum atomic E-state index is -0.202. The Morgan fingerprint density at radius 3 is 1.58 bits per heavy atom. The second-order valence-corrected chi connectivity index (χ2v) is 7.52. The second kappa shape index (κ2) is 30.5. The van der Waals surface area contributed by atoms with Gasteiger partial charge in [-0.3, -0.25) is 0 Å². The van der Waals surface area contributed by atoms with Crippen molar-refractivity contribution in [1.29, 1.82) is 0 Å². The van der Waals surface area contributed by atoms with E-state index in [-0.39, 0.29) is 19.2 Å². The van der Waals surface area contributed by atoms with Gasteiger partial charge in [0.25, 0.3) is 0 Å². The molecule has 0 amide bonds. The molecule has 6 nitrogen and oxygen atoms in total. The van der Waals surface area contributed by atoms with Gasteiger partial charge < -0.3 is 24.4 Å². The van der Waals surface area contributed by atoms with Crippen LogP contribution in [-0.2, 0) is 14.2 Å². The number of hydrogen-bond donors (Lipinski definition) is 2. The van der Waals surface area contributed by atoms with E-state index in [0.29, 0.717) is 25.4 Å². The topological polar surface area (TPSA) is 85.2 Å². The zero-order valence-electron chi connectivity index (χ0n) is 21.4. The van der Waals surface area contributed by atoms with E-state index in [4.69, 9.17) is 19.7 Å². The number of unbranched alkanes of at least 4 members (excludes halogenated alkanes) is 9. The molecule has 194 valence electrons. The van der Waals surface area contributed by atoms with Crippen molar-refractivity contribution >= 4 is 5.97 Å². The molecule has 0 aliphatic carbocycles. The van der Waals surface area contributed by atoms with Crippen LogP contribution < -0.4 is 0 Å². The molecule has 0 saturated carbocycles. The molecule has 0 fully saturated rings. The normalized spacial score (nSPS) is 9.97. The van der Waals surface area contributed by atoms with Crippen molar-refractivity contribution in [1.82, 2.24) is 0 Å². The predicted octanol–water partition coefficient (Wildman–Crippen LogP) is 5.79. The molecule has 2 N–H and O–H groups in total. The molecular formula is C27H50O6. The Bertz CT molecular complexity index is 475. The van der Waals surface area contributed by atoms with E-state index in [1.54, 1.807) is 12.1 Å². The third-order valence-corrected chi connectivity index (χ3v) is 4.62. The molecule has 0 aliphatic rings. The lowest BCUT2D eigenvalue weighted by atomic mass is 10.1. The molecule has 6 heteroatoms. The summed E-state index contributed by atoms with van der Waals surface area (Å²) in [5.41, 5.74) is 0.643. The summed E-state index contributed by atoms with van der Waals surface area (Å²) in [7, 11) is 0. The highest BCUT2D eigenvalue weighted by Gasteiger charge is 2.04. The summed E-state index contributed by atoms with van der Waals surface area (Å²) in [5.74, 6) is -0.202. The number of aliphatic hydroxyl groups excluding tert-OH is 2. The summed E-state index contributed by atoms with van der Waals surface area (Å²) in [5, 5.41) is 16.2. The van der Waals surface area contributed by atoms with Crippen LogP contribution in [0.15, 0.2) is 30.3 Å². The van der Waals surface area contributed by atoms with Gasteiger partial charge in [-0.25, -0.2) is 4.79 Å². The highest BCUT2D eigenvalue weighted by molar-refractivity contribution is 5.89. The molecule has 1 rings (SSSR count). The van der Waals surface area contributed by atoms with E-state index in [2.05, 4.69) is 11.7 Å². The SMILES string of the molecule is CCCCCCCCCCCCOC(=O)c1ccccc1.CCOCC.OCCOCCO. The van der Waals surface area contributed by atoms with Crippen molar-refractivity contribution < 1.29 is 29.2 Å². The summed E-state index contributed by atoms with van der Waals surface area (Å²) >= 11 is 0. The van der Waals surface area contributed by atoms with Crippen LogP contribution in [0.2, 0.25) is 0 Å². The van der Waals surface area contributed by atoms with E-state index in [1.807, 2.05) is 32.0 Å². The van der Waals surface area contributed by atoms with Crippen LogP contribution in [0.25, 0.3) is 0 Å². The number of ether oxygens (including phenoxy) is 3. The molecular weight excluding hydrogens is 420 g/mol. The molecule has 1 aromatic carbocycles. The summed E-state index contributed by atoms with van der Waals surface area (Å²) in [6.45, 7) is 9.16. The molecule has 0 spiro atoms. The van der Waals surface area contributed by atoms with Crippen LogP contribution in [0.5, 0.6) is 0 Å². The van der Waals surface area contributed by atoms with Gasteiger partial charge in [-0.2, -0.15) is 0 Å². The third kappa shape index (κ3) is 28.5. The minimum Gasteiger partial charge on any atom is -0.462 e. The zero-order valence-corrected chi connectivity index (χ0v) is 21.4. The Morgan fingerprint density at radius 1 is 0.667 bits per heavy atom. The lowest BCUT2D eigenvalue weighted by molar-refractivity contribution is 0.0497. The molecule has 0 atom stereocenters. The maximum Gasteiger partial charge on any atom is 0.338 e. The summed E-state index contributed by atoms with van der Waals surface area (Å²) in [6.07, 6.45) is 12.9. The van der Waals surface area contributed by atoms with Crippen LogP contribution in [0.4, 0.5) is 0 Å². The first-order valence-corrected chi connectivity index (χ1v) is 12.8. The fourth-order valence-electron chi connectivity index (χ4n) is 2.85. The van der Waals surface area contributed by atoms with Gasteiger partial charge in [-0.15, -0.1) is 0 Å². The van der Waals surface area contributed by atoms with Gasteiger partial charge in [-0.05, 0) is 32.4 Å².